The van der Waals surface area contributed by atoms with Gasteiger partial charge in [-0.1, -0.05) is 42.1 Å². The van der Waals surface area contributed by atoms with Crippen LogP contribution in [0.1, 0.15) is 41.2 Å². The van der Waals surface area contributed by atoms with Crippen LogP contribution in [0.3, 0.4) is 0 Å². The summed E-state index contributed by atoms with van der Waals surface area (Å²) in [7, 11) is 0. The molecule has 0 spiro atoms. The minimum Gasteiger partial charge on any atom is -0.585 e. The van der Waals surface area contributed by atoms with E-state index in [1.807, 2.05) is 24.3 Å². The third kappa shape index (κ3) is 7.64. The third-order valence-electron chi connectivity index (χ3n) is 6.63. The average molecular weight is 541 g/mol. The van der Waals surface area contributed by atoms with Gasteiger partial charge in [0.05, 0.1) is 23.9 Å². The summed E-state index contributed by atoms with van der Waals surface area (Å²) in [5, 5.41) is 15.7. The van der Waals surface area contributed by atoms with Crippen LogP contribution in [0.4, 0.5) is 10.5 Å². The summed E-state index contributed by atoms with van der Waals surface area (Å²) in [4.78, 5) is 23.1. The van der Waals surface area contributed by atoms with Gasteiger partial charge in [0.2, 0.25) is 0 Å². The Bertz CT molecular complexity index is 1290. The molecule has 1 saturated heterocycles. The number of carbonyl (C=O) groups excluding carboxylic acids is 2. The smallest absolute Gasteiger partial charge is 0.585 e. The zero-order chi connectivity index (χ0) is 26.5. The van der Waals surface area contributed by atoms with E-state index in [2.05, 4.69) is 61.7 Å². The van der Waals surface area contributed by atoms with Gasteiger partial charge in [0.15, 0.2) is 0 Å². The molecule has 38 heavy (non-hydrogen) atoms. The minimum atomic E-state index is -0.409. The molecule has 0 aromatic heterocycles. The Morgan fingerprint density at radius 1 is 1.03 bits per heavy atom. The number of aliphatic hydroxyl groups excluding tert-OH is 1. The molecular formula is C30H33N2NaO4S. The normalized spacial score (nSPS) is 15.6. The molecule has 4 rings (SSSR count). The van der Waals surface area contributed by atoms with Crippen LogP contribution in [-0.4, -0.2) is 34.2 Å². The molecule has 1 unspecified atom stereocenters. The number of thioether (sulfide) groups is 1. The van der Waals surface area contributed by atoms with E-state index < -0.39 is 10.5 Å². The first-order valence-corrected chi connectivity index (χ1v) is 13.4. The van der Waals surface area contributed by atoms with Gasteiger partial charge >= 0.3 is 29.6 Å². The molecule has 8 heteroatoms. The molecule has 0 radical (unpaired) electrons. The van der Waals surface area contributed by atoms with E-state index in [0.29, 0.717) is 26.0 Å². The standard InChI is InChI=1S/C30H34N2O4S.Na/c1-18-15-27(36-13-12-20(3)33)19(2)14-26(18)25-7-5-6-23(21(25)4)17-31-24-10-8-22(9-11-24)16-28-29(34)32-30(35)37-28;/h5-11,14-15,20,28,31,33H,12-13,16-17H2,1-4H3,(H,32,34,35);/q;+1/p-1/t20-,28?;/m0./s1. The average Bonchev–Trinajstić information content (AvgIpc) is 3.17. The van der Waals surface area contributed by atoms with Gasteiger partial charge in [0, 0.05) is 18.7 Å². The van der Waals surface area contributed by atoms with E-state index in [9.17, 15) is 14.7 Å². The second-order valence-corrected chi connectivity index (χ2v) is 10.7. The second kappa shape index (κ2) is 13.7. The number of rotatable bonds is 10. The number of aryl methyl sites for hydroxylation is 2. The van der Waals surface area contributed by atoms with Crippen molar-refractivity contribution in [3.8, 4) is 16.9 Å². The quantitative estimate of drug-likeness (QED) is 0.381. The first-order chi connectivity index (χ1) is 17.7. The van der Waals surface area contributed by atoms with Crippen LogP contribution in [0.5, 0.6) is 5.75 Å². The van der Waals surface area contributed by atoms with Gasteiger partial charge < -0.3 is 30.1 Å². The van der Waals surface area contributed by atoms with Crippen molar-refractivity contribution < 1.29 is 49.0 Å². The molecule has 1 fully saturated rings. The molecule has 194 valence electrons. The van der Waals surface area contributed by atoms with E-state index in [-0.39, 0.29) is 41.6 Å². The molecule has 3 aromatic rings. The Morgan fingerprint density at radius 2 is 1.76 bits per heavy atom. The summed E-state index contributed by atoms with van der Waals surface area (Å²) in [6.45, 7) is 9.25. The second-order valence-electron chi connectivity index (χ2n) is 9.59. The van der Waals surface area contributed by atoms with Crippen molar-refractivity contribution >= 4 is 28.6 Å². The molecule has 1 aliphatic heterocycles. The minimum absolute atomic E-state index is 0. The maximum atomic E-state index is 11.8. The Balaban J connectivity index is 0.00000400. The Hall–Kier alpha value is -2.29. The maximum absolute atomic E-state index is 11.8. The molecule has 1 aliphatic rings. The van der Waals surface area contributed by atoms with E-state index in [0.717, 1.165) is 39.9 Å². The number of aliphatic hydroxyl groups is 1. The fourth-order valence-corrected chi connectivity index (χ4v) is 5.22. The van der Waals surface area contributed by atoms with Gasteiger partial charge in [-0.3, -0.25) is 0 Å². The summed E-state index contributed by atoms with van der Waals surface area (Å²) >= 11 is 1.00. The molecule has 0 aliphatic carbocycles. The summed E-state index contributed by atoms with van der Waals surface area (Å²) < 4.78 is 5.91. The summed E-state index contributed by atoms with van der Waals surface area (Å²) in [6.07, 6.45) is 0.735. The Kier molecular flexibility index (Phi) is 10.9. The molecule has 2 N–H and O–H groups in total. The van der Waals surface area contributed by atoms with Crippen LogP contribution in [0.2, 0.25) is 0 Å². The van der Waals surface area contributed by atoms with Crippen LogP contribution >= 0.6 is 11.8 Å². The number of hydrogen-bond donors (Lipinski definition) is 2. The zero-order valence-corrected chi connectivity index (χ0v) is 25.5. The number of nitrogens with one attached hydrogen (secondary N) is 1. The maximum Gasteiger partial charge on any atom is 1.00 e. The van der Waals surface area contributed by atoms with Crippen molar-refractivity contribution in [1.82, 2.24) is 0 Å². The first kappa shape index (κ1) is 30.3. The van der Waals surface area contributed by atoms with Gasteiger partial charge in [-0.05, 0) is 97.3 Å². The number of amides is 2. The van der Waals surface area contributed by atoms with Crippen LogP contribution in [0.15, 0.2) is 54.6 Å². The van der Waals surface area contributed by atoms with Gasteiger partial charge in [-0.25, -0.2) is 0 Å². The van der Waals surface area contributed by atoms with Gasteiger partial charge in [-0.15, -0.1) is 0 Å². The number of carbonyl (C=O) groups is 2. The van der Waals surface area contributed by atoms with Crippen LogP contribution < -0.4 is 39.6 Å². The largest absolute Gasteiger partial charge is 1.00 e. The fraction of sp³-hybridized carbons (Fsp3) is 0.333. The number of imide groups is 1. The number of anilines is 1. The van der Waals surface area contributed by atoms with E-state index in [4.69, 9.17) is 4.74 Å². The van der Waals surface area contributed by atoms with Crippen molar-refractivity contribution in [2.45, 2.75) is 58.4 Å². The van der Waals surface area contributed by atoms with Crippen molar-refractivity contribution in [3.05, 3.63) is 87.7 Å². The molecule has 2 amide bonds. The predicted molar refractivity (Wildman–Crippen MR) is 150 cm³/mol. The molecule has 0 bridgehead atoms. The summed E-state index contributed by atoms with van der Waals surface area (Å²) in [5.74, 6) is 0.522. The fourth-order valence-electron chi connectivity index (χ4n) is 4.40. The molecule has 1 heterocycles. The first-order valence-electron chi connectivity index (χ1n) is 12.5. The van der Waals surface area contributed by atoms with E-state index >= 15 is 0 Å². The predicted octanol–water partition coefficient (Wildman–Crippen LogP) is 3.72. The van der Waals surface area contributed by atoms with E-state index in [1.165, 1.54) is 22.3 Å². The van der Waals surface area contributed by atoms with Gasteiger partial charge in [0.25, 0.3) is 0 Å². The van der Waals surface area contributed by atoms with Gasteiger partial charge in [-0.2, -0.15) is 0 Å². The van der Waals surface area contributed by atoms with Gasteiger partial charge in [0.1, 0.15) is 11.0 Å². The SMILES string of the molecule is Cc1cc(-c2cccc(CNc3ccc(CC4SC(=O)[N-]C4=O)cc3)c2C)c(C)cc1OCC[C@H](C)O.[Na+]. The molecule has 2 atom stereocenters. The molecule has 6 nitrogen and oxygen atoms in total. The third-order valence-corrected chi connectivity index (χ3v) is 7.58. The van der Waals surface area contributed by atoms with Crippen LogP contribution in [0.25, 0.3) is 16.4 Å². The Labute approximate surface area is 251 Å². The summed E-state index contributed by atoms with van der Waals surface area (Å²) in [5.41, 5.74) is 9.04. The number of hydrogen-bond acceptors (Lipinski definition) is 6. The molecule has 0 saturated carbocycles. The van der Waals surface area contributed by atoms with Crippen LogP contribution in [0, 0.1) is 20.8 Å². The number of ether oxygens (including phenoxy) is 1. The zero-order valence-electron chi connectivity index (χ0n) is 22.7. The van der Waals surface area contributed by atoms with Crippen molar-refractivity contribution in [2.75, 3.05) is 11.9 Å². The molecular weight excluding hydrogens is 507 g/mol. The van der Waals surface area contributed by atoms with Crippen molar-refractivity contribution in [3.63, 3.8) is 0 Å². The van der Waals surface area contributed by atoms with Crippen molar-refractivity contribution in [1.29, 1.82) is 0 Å². The monoisotopic (exact) mass is 540 g/mol. The van der Waals surface area contributed by atoms with E-state index in [1.54, 1.807) is 6.92 Å². The number of benzene rings is 3. The van der Waals surface area contributed by atoms with Crippen LogP contribution in [-0.2, 0) is 17.8 Å². The number of nitrogens with zero attached hydrogens (tertiary/aromatic N) is 1. The van der Waals surface area contributed by atoms with Crippen molar-refractivity contribution in [2.24, 2.45) is 0 Å². The Morgan fingerprint density at radius 3 is 2.42 bits per heavy atom. The topological polar surface area (TPSA) is 89.7 Å². The molecule has 3 aromatic carbocycles. The summed E-state index contributed by atoms with van der Waals surface area (Å²) in [6, 6.07) is 18.6.